The van der Waals surface area contributed by atoms with Gasteiger partial charge < -0.3 is 21.2 Å². The van der Waals surface area contributed by atoms with Gasteiger partial charge in [0.2, 0.25) is 0 Å². The molecule has 6 heteroatoms. The number of hydrogen-bond donors (Lipinski definition) is 4. The van der Waals surface area contributed by atoms with Gasteiger partial charge in [-0.1, -0.05) is 6.08 Å². The molecule has 0 bridgehead atoms. The van der Waals surface area contributed by atoms with Gasteiger partial charge in [-0.25, -0.2) is 0 Å². The first-order valence-electron chi connectivity index (χ1n) is 3.41. The summed E-state index contributed by atoms with van der Waals surface area (Å²) in [5.74, 6) is 0.419. The van der Waals surface area contributed by atoms with Gasteiger partial charge in [-0.2, -0.15) is 0 Å². The standard InChI is InChI=1S/C6H12BN3O2/c1-5(9)10-3-2-6(4-8)7(11)12/h2,4,8,11-12H,3H2,1H3,(H2,9,10)/b6-2-,8-4?. The summed E-state index contributed by atoms with van der Waals surface area (Å²) in [5, 5.41) is 24.1. The number of rotatable bonds is 4. The van der Waals surface area contributed by atoms with Crippen LogP contribution in [0.25, 0.3) is 0 Å². The number of nitrogens with zero attached hydrogens (tertiary/aromatic N) is 1. The van der Waals surface area contributed by atoms with E-state index in [1.54, 1.807) is 6.92 Å². The van der Waals surface area contributed by atoms with Crippen LogP contribution in [0, 0.1) is 5.41 Å². The Kier molecular flexibility index (Phi) is 4.99. The van der Waals surface area contributed by atoms with Crippen molar-refractivity contribution < 1.29 is 10.0 Å². The Balaban J connectivity index is 4.13. The zero-order valence-electron chi connectivity index (χ0n) is 6.86. The molecule has 0 aliphatic carbocycles. The van der Waals surface area contributed by atoms with E-state index >= 15 is 0 Å². The Labute approximate surface area is 71.3 Å². The predicted octanol–water partition coefficient (Wildman–Crippen LogP) is -1.05. The first kappa shape index (κ1) is 10.9. The molecule has 0 aromatic heterocycles. The molecule has 0 rings (SSSR count). The maximum atomic E-state index is 8.63. The van der Waals surface area contributed by atoms with E-state index in [4.69, 9.17) is 21.2 Å². The predicted molar refractivity (Wildman–Crippen MR) is 49.2 cm³/mol. The van der Waals surface area contributed by atoms with Crippen molar-refractivity contribution in [3.05, 3.63) is 11.5 Å². The molecule has 5 nitrogen and oxygen atoms in total. The first-order chi connectivity index (χ1) is 5.57. The molecule has 0 amide bonds. The molecular formula is C6H12BN3O2. The van der Waals surface area contributed by atoms with Gasteiger partial charge in [-0.15, -0.1) is 0 Å². The summed E-state index contributed by atoms with van der Waals surface area (Å²) in [4.78, 5) is 3.79. The second-order valence-corrected chi connectivity index (χ2v) is 2.20. The van der Waals surface area contributed by atoms with E-state index in [9.17, 15) is 0 Å². The molecule has 0 aromatic carbocycles. The summed E-state index contributed by atoms with van der Waals surface area (Å²) >= 11 is 0. The average molecular weight is 169 g/mol. The summed E-state index contributed by atoms with van der Waals surface area (Å²) in [6.45, 7) is 1.89. The lowest BCUT2D eigenvalue weighted by atomic mass is 9.80. The molecule has 66 valence electrons. The third-order valence-corrected chi connectivity index (χ3v) is 1.13. The lowest BCUT2D eigenvalue weighted by molar-refractivity contribution is 0.421. The Morgan fingerprint density at radius 2 is 2.25 bits per heavy atom. The third-order valence-electron chi connectivity index (χ3n) is 1.13. The van der Waals surface area contributed by atoms with Gasteiger partial charge in [0.05, 0.1) is 12.4 Å². The van der Waals surface area contributed by atoms with Gasteiger partial charge in [0.15, 0.2) is 0 Å². The minimum atomic E-state index is -1.62. The number of aliphatic imine (C=N–C) groups is 1. The van der Waals surface area contributed by atoms with E-state index < -0.39 is 7.12 Å². The number of nitrogens with one attached hydrogen (secondary N) is 1. The SMILES string of the molecule is CC(N)=NC/C=C(/C=N)B(O)O. The fourth-order valence-corrected chi connectivity index (χ4v) is 0.534. The maximum Gasteiger partial charge on any atom is 0.489 e. The summed E-state index contributed by atoms with van der Waals surface area (Å²) in [6, 6.07) is 0. The Hall–Kier alpha value is -1.14. The number of nitrogens with two attached hydrogens (primary N) is 1. The molecule has 5 N–H and O–H groups in total. The van der Waals surface area contributed by atoms with Gasteiger partial charge in [0, 0.05) is 6.21 Å². The minimum absolute atomic E-state index is 0.111. The lowest BCUT2D eigenvalue weighted by Crippen LogP contribution is -2.16. The summed E-state index contributed by atoms with van der Waals surface area (Å²) < 4.78 is 0. The van der Waals surface area contributed by atoms with Crippen LogP contribution in [0.5, 0.6) is 0 Å². The number of hydrogen-bond acceptors (Lipinski definition) is 4. The van der Waals surface area contributed by atoms with E-state index in [0.29, 0.717) is 5.84 Å². The van der Waals surface area contributed by atoms with E-state index in [0.717, 1.165) is 6.21 Å². The highest BCUT2D eigenvalue weighted by molar-refractivity contribution is 6.56. The van der Waals surface area contributed by atoms with Crippen LogP contribution in [-0.4, -0.2) is 35.8 Å². The normalized spacial score (nSPS) is 12.9. The monoisotopic (exact) mass is 169 g/mol. The average Bonchev–Trinajstić information content (AvgIpc) is 1.96. The van der Waals surface area contributed by atoms with Gasteiger partial charge in [-0.05, 0) is 12.4 Å². The third kappa shape index (κ3) is 4.65. The highest BCUT2D eigenvalue weighted by Crippen LogP contribution is 1.91. The summed E-state index contributed by atoms with van der Waals surface area (Å²) in [7, 11) is -1.62. The lowest BCUT2D eigenvalue weighted by Gasteiger charge is -1.96. The van der Waals surface area contributed by atoms with Crippen molar-refractivity contribution in [1.29, 1.82) is 5.41 Å². The van der Waals surface area contributed by atoms with Crippen LogP contribution in [0.4, 0.5) is 0 Å². The summed E-state index contributed by atoms with van der Waals surface area (Å²) in [6.07, 6.45) is 2.29. The maximum absolute atomic E-state index is 8.63. The van der Waals surface area contributed by atoms with Gasteiger partial charge in [0.25, 0.3) is 0 Å². The highest BCUT2D eigenvalue weighted by Gasteiger charge is 2.10. The molecule has 0 aromatic rings. The molecule has 0 atom stereocenters. The number of allylic oxidation sites excluding steroid dienone is 1. The molecule has 12 heavy (non-hydrogen) atoms. The minimum Gasteiger partial charge on any atom is -0.423 e. The Bertz CT molecular complexity index is 209. The van der Waals surface area contributed by atoms with Crippen LogP contribution in [0.3, 0.4) is 0 Å². The number of amidine groups is 1. The smallest absolute Gasteiger partial charge is 0.423 e. The second-order valence-electron chi connectivity index (χ2n) is 2.20. The van der Waals surface area contributed by atoms with E-state index in [1.165, 1.54) is 6.08 Å². The fourth-order valence-electron chi connectivity index (χ4n) is 0.534. The van der Waals surface area contributed by atoms with Crippen molar-refractivity contribution in [3.63, 3.8) is 0 Å². The van der Waals surface area contributed by atoms with E-state index in [-0.39, 0.29) is 12.0 Å². The van der Waals surface area contributed by atoms with Gasteiger partial charge in [-0.3, -0.25) is 4.99 Å². The van der Waals surface area contributed by atoms with Crippen molar-refractivity contribution in [2.45, 2.75) is 6.92 Å². The fraction of sp³-hybridized carbons (Fsp3) is 0.333. The van der Waals surface area contributed by atoms with Crippen molar-refractivity contribution in [2.75, 3.05) is 6.54 Å². The van der Waals surface area contributed by atoms with Crippen LogP contribution in [0.1, 0.15) is 6.92 Å². The first-order valence-corrected chi connectivity index (χ1v) is 3.41. The van der Waals surface area contributed by atoms with Crippen LogP contribution < -0.4 is 5.73 Å². The van der Waals surface area contributed by atoms with Crippen molar-refractivity contribution >= 4 is 19.2 Å². The molecule has 0 radical (unpaired) electrons. The second kappa shape index (κ2) is 5.51. The van der Waals surface area contributed by atoms with Crippen molar-refractivity contribution in [1.82, 2.24) is 0 Å². The molecule has 0 spiro atoms. The molecule has 0 heterocycles. The molecule has 0 saturated heterocycles. The van der Waals surface area contributed by atoms with Crippen LogP contribution >= 0.6 is 0 Å². The topological polar surface area (TPSA) is 103 Å². The molecule has 0 aliphatic heterocycles. The molecular weight excluding hydrogens is 157 g/mol. The molecule has 0 fully saturated rings. The highest BCUT2D eigenvalue weighted by atomic mass is 16.4. The van der Waals surface area contributed by atoms with E-state index in [1.807, 2.05) is 0 Å². The quantitative estimate of drug-likeness (QED) is 0.245. The van der Waals surface area contributed by atoms with Crippen LogP contribution in [-0.2, 0) is 0 Å². The van der Waals surface area contributed by atoms with Gasteiger partial charge in [0.1, 0.15) is 0 Å². The van der Waals surface area contributed by atoms with Gasteiger partial charge >= 0.3 is 7.12 Å². The zero-order valence-corrected chi connectivity index (χ0v) is 6.86. The van der Waals surface area contributed by atoms with Crippen molar-refractivity contribution in [2.24, 2.45) is 10.7 Å². The largest absolute Gasteiger partial charge is 0.489 e. The van der Waals surface area contributed by atoms with E-state index in [2.05, 4.69) is 4.99 Å². The Morgan fingerprint density at radius 1 is 1.67 bits per heavy atom. The van der Waals surface area contributed by atoms with Crippen LogP contribution in [0.2, 0.25) is 0 Å². The molecule has 0 aliphatic rings. The molecule has 0 unspecified atom stereocenters. The molecule has 0 saturated carbocycles. The summed E-state index contributed by atoms with van der Waals surface area (Å²) in [5.41, 5.74) is 5.35. The van der Waals surface area contributed by atoms with Crippen LogP contribution in [0.15, 0.2) is 16.5 Å². The van der Waals surface area contributed by atoms with Crippen molar-refractivity contribution in [3.8, 4) is 0 Å². The zero-order chi connectivity index (χ0) is 9.56. The Morgan fingerprint density at radius 3 is 2.58 bits per heavy atom.